The van der Waals surface area contributed by atoms with Gasteiger partial charge in [-0.05, 0) is 17.7 Å². The van der Waals surface area contributed by atoms with Crippen molar-refractivity contribution in [3.05, 3.63) is 93.0 Å². The number of halogens is 1. The molecule has 2 aromatic carbocycles. The van der Waals surface area contributed by atoms with E-state index in [-0.39, 0.29) is 39.7 Å². The molecule has 1 heterocycles. The molecule has 2 aliphatic rings. The van der Waals surface area contributed by atoms with Crippen LogP contribution in [-0.2, 0) is 4.74 Å². The number of fused-ring (bicyclic) bond motifs is 1. The number of benzene rings is 2. The van der Waals surface area contributed by atoms with E-state index in [9.17, 15) is 14.9 Å². The van der Waals surface area contributed by atoms with Gasteiger partial charge in [-0.25, -0.2) is 0 Å². The zero-order valence-electron chi connectivity index (χ0n) is 13.3. The maximum Gasteiger partial charge on any atom is 0.229 e. The number of Topliss-reactive ketones (excluding diaryl/α,β-unsaturated/α-hetero) is 2. The van der Waals surface area contributed by atoms with Crippen LogP contribution in [-0.4, -0.2) is 11.6 Å². The third kappa shape index (κ3) is 2.24. The van der Waals surface area contributed by atoms with E-state index in [1.54, 1.807) is 48.5 Å². The van der Waals surface area contributed by atoms with Crippen LogP contribution in [0.15, 0.2) is 71.3 Å². The van der Waals surface area contributed by atoms with Crippen molar-refractivity contribution in [2.75, 3.05) is 0 Å². The van der Waals surface area contributed by atoms with Crippen LogP contribution < -0.4 is 5.73 Å². The number of nitrogens with zero attached hydrogens (tertiary/aromatic N) is 1. The van der Waals surface area contributed by atoms with Crippen LogP contribution >= 0.6 is 11.6 Å². The molecule has 0 unspecified atom stereocenters. The SMILES string of the molecule is N#CC1=C(N)OC2=C(C(=O)c3ccccc3C2=O)[C@H]1c1ccc(Cl)cc1. The second kappa shape index (κ2) is 5.87. The van der Waals surface area contributed by atoms with E-state index < -0.39 is 11.7 Å². The smallest absolute Gasteiger partial charge is 0.229 e. The van der Waals surface area contributed by atoms with Gasteiger partial charge in [-0.3, -0.25) is 9.59 Å². The van der Waals surface area contributed by atoms with E-state index in [2.05, 4.69) is 0 Å². The first kappa shape index (κ1) is 16.1. The Kier molecular flexibility index (Phi) is 3.64. The Morgan fingerprint density at radius 2 is 1.62 bits per heavy atom. The maximum atomic E-state index is 13.1. The lowest BCUT2D eigenvalue weighted by atomic mass is 9.75. The fourth-order valence-electron chi connectivity index (χ4n) is 3.30. The van der Waals surface area contributed by atoms with Gasteiger partial charge in [0.05, 0.1) is 11.5 Å². The third-order valence-electron chi connectivity index (χ3n) is 4.49. The first-order chi connectivity index (χ1) is 12.5. The van der Waals surface area contributed by atoms with Crippen LogP contribution in [0.25, 0.3) is 0 Å². The Hall–Kier alpha value is -3.36. The minimum atomic E-state index is -0.786. The first-order valence-corrected chi connectivity index (χ1v) is 8.16. The van der Waals surface area contributed by atoms with Crippen molar-refractivity contribution in [3.63, 3.8) is 0 Å². The quantitative estimate of drug-likeness (QED) is 0.838. The number of ketones is 2. The summed E-state index contributed by atoms with van der Waals surface area (Å²) in [7, 11) is 0. The number of ether oxygens (including phenoxy) is 1. The van der Waals surface area contributed by atoms with E-state index in [0.29, 0.717) is 10.6 Å². The highest BCUT2D eigenvalue weighted by atomic mass is 35.5. The van der Waals surface area contributed by atoms with Crippen LogP contribution in [0.5, 0.6) is 0 Å². The van der Waals surface area contributed by atoms with Crippen molar-refractivity contribution in [2.24, 2.45) is 5.73 Å². The van der Waals surface area contributed by atoms with Crippen LogP contribution in [0.2, 0.25) is 5.02 Å². The molecule has 0 aromatic heterocycles. The standard InChI is InChI=1S/C20H11ClN2O3/c21-11-7-5-10(6-8-11)15-14(9-22)20(23)26-19-16(15)17(24)12-3-1-2-4-13(12)18(19)25/h1-8,15H,23H2/t15-/m0/s1. The molecular weight excluding hydrogens is 352 g/mol. The molecule has 4 rings (SSSR count). The lowest BCUT2D eigenvalue weighted by molar-refractivity contribution is 0.0897. The number of allylic oxidation sites excluding steroid dienone is 3. The van der Waals surface area contributed by atoms with E-state index in [1.807, 2.05) is 6.07 Å². The van der Waals surface area contributed by atoms with Crippen LogP contribution in [0.1, 0.15) is 32.2 Å². The van der Waals surface area contributed by atoms with Crippen molar-refractivity contribution in [3.8, 4) is 6.07 Å². The molecule has 5 nitrogen and oxygen atoms in total. The Morgan fingerprint density at radius 1 is 1.00 bits per heavy atom. The number of rotatable bonds is 1. The number of hydrogen-bond acceptors (Lipinski definition) is 5. The predicted molar refractivity (Wildman–Crippen MR) is 94.2 cm³/mol. The third-order valence-corrected chi connectivity index (χ3v) is 4.74. The fraction of sp³-hybridized carbons (Fsp3) is 0.0500. The summed E-state index contributed by atoms with van der Waals surface area (Å²) in [5, 5.41) is 10.1. The fourth-order valence-corrected chi connectivity index (χ4v) is 3.42. The lowest BCUT2D eigenvalue weighted by Gasteiger charge is -2.30. The molecule has 0 radical (unpaired) electrons. The van der Waals surface area contributed by atoms with Crippen molar-refractivity contribution in [1.29, 1.82) is 5.26 Å². The summed E-state index contributed by atoms with van der Waals surface area (Å²) in [6.07, 6.45) is 0. The zero-order chi connectivity index (χ0) is 18.4. The minimum Gasteiger partial charge on any atom is -0.436 e. The molecule has 1 aliphatic heterocycles. The molecule has 2 N–H and O–H groups in total. The number of carbonyl (C=O) groups excluding carboxylic acids is 2. The summed E-state index contributed by atoms with van der Waals surface area (Å²) in [6.45, 7) is 0. The Morgan fingerprint density at radius 3 is 2.23 bits per heavy atom. The summed E-state index contributed by atoms with van der Waals surface area (Å²) < 4.78 is 5.43. The Balaban J connectivity index is 1.97. The highest BCUT2D eigenvalue weighted by Crippen LogP contribution is 2.44. The van der Waals surface area contributed by atoms with Crippen LogP contribution in [0.3, 0.4) is 0 Å². The molecule has 126 valence electrons. The van der Waals surface area contributed by atoms with Gasteiger partial charge in [0.2, 0.25) is 11.7 Å². The zero-order valence-corrected chi connectivity index (χ0v) is 14.1. The van der Waals surface area contributed by atoms with Crippen LogP contribution in [0, 0.1) is 11.3 Å². The molecule has 26 heavy (non-hydrogen) atoms. The Labute approximate surface area is 153 Å². The minimum absolute atomic E-state index is 0.0894. The topological polar surface area (TPSA) is 93.2 Å². The highest BCUT2D eigenvalue weighted by molar-refractivity contribution is 6.30. The van der Waals surface area contributed by atoms with Gasteiger partial charge in [-0.2, -0.15) is 5.26 Å². The average molecular weight is 363 g/mol. The molecule has 0 saturated heterocycles. The molecule has 1 atom stereocenters. The van der Waals surface area contributed by atoms with Crippen molar-refractivity contribution in [1.82, 2.24) is 0 Å². The van der Waals surface area contributed by atoms with Gasteiger partial charge < -0.3 is 10.5 Å². The number of nitrogens with two attached hydrogens (primary N) is 1. The predicted octanol–water partition coefficient (Wildman–Crippen LogP) is 3.48. The summed E-state index contributed by atoms with van der Waals surface area (Å²) in [4.78, 5) is 26.0. The molecule has 0 saturated carbocycles. The second-order valence-electron chi connectivity index (χ2n) is 5.92. The van der Waals surface area contributed by atoms with E-state index in [4.69, 9.17) is 22.1 Å². The Bertz CT molecular complexity index is 1070. The van der Waals surface area contributed by atoms with E-state index >= 15 is 0 Å². The summed E-state index contributed by atoms with van der Waals surface area (Å²) in [5.41, 5.74) is 7.29. The van der Waals surface area contributed by atoms with Gasteiger partial charge in [-0.1, -0.05) is 48.0 Å². The molecule has 0 amide bonds. The molecule has 0 bridgehead atoms. The number of carbonyl (C=O) groups is 2. The molecule has 2 aromatic rings. The van der Waals surface area contributed by atoms with Crippen molar-refractivity contribution >= 4 is 23.2 Å². The maximum absolute atomic E-state index is 13.1. The van der Waals surface area contributed by atoms with Gasteiger partial charge >= 0.3 is 0 Å². The lowest BCUT2D eigenvalue weighted by Crippen LogP contribution is -2.32. The first-order valence-electron chi connectivity index (χ1n) is 7.78. The summed E-state index contributed by atoms with van der Waals surface area (Å²) >= 11 is 5.95. The van der Waals surface area contributed by atoms with Crippen LogP contribution in [0.4, 0.5) is 0 Å². The molecule has 0 spiro atoms. The summed E-state index contributed by atoms with van der Waals surface area (Å²) in [5.74, 6) is -1.85. The van der Waals surface area contributed by atoms with Crippen molar-refractivity contribution < 1.29 is 14.3 Å². The normalized spacial score (nSPS) is 18.8. The monoisotopic (exact) mass is 362 g/mol. The number of nitriles is 1. The molecule has 1 aliphatic carbocycles. The molecule has 6 heteroatoms. The largest absolute Gasteiger partial charge is 0.436 e. The van der Waals surface area contributed by atoms with E-state index in [1.165, 1.54) is 0 Å². The van der Waals surface area contributed by atoms with Gasteiger partial charge in [-0.15, -0.1) is 0 Å². The van der Waals surface area contributed by atoms with Gasteiger partial charge in [0, 0.05) is 16.1 Å². The summed E-state index contributed by atoms with van der Waals surface area (Å²) in [6, 6.07) is 15.2. The van der Waals surface area contributed by atoms with Gasteiger partial charge in [0.25, 0.3) is 0 Å². The number of hydrogen-bond donors (Lipinski definition) is 1. The van der Waals surface area contributed by atoms with Gasteiger partial charge in [0.1, 0.15) is 11.6 Å². The van der Waals surface area contributed by atoms with Gasteiger partial charge in [0.15, 0.2) is 11.5 Å². The van der Waals surface area contributed by atoms with Crippen molar-refractivity contribution in [2.45, 2.75) is 5.92 Å². The van der Waals surface area contributed by atoms with E-state index in [0.717, 1.165) is 0 Å². The average Bonchev–Trinajstić information content (AvgIpc) is 2.66. The molecule has 0 fully saturated rings. The second-order valence-corrected chi connectivity index (χ2v) is 6.36. The highest BCUT2D eigenvalue weighted by Gasteiger charge is 2.43. The molecular formula is C20H11ClN2O3.